The van der Waals surface area contributed by atoms with E-state index < -0.39 is 24.3 Å². The fraction of sp³-hybridized carbons (Fsp3) is 0.727. The van der Waals surface area contributed by atoms with Gasteiger partial charge in [0, 0.05) is 12.8 Å². The molecule has 0 aliphatic carbocycles. The van der Waals surface area contributed by atoms with Gasteiger partial charge in [-0.25, -0.2) is 0 Å². The summed E-state index contributed by atoms with van der Waals surface area (Å²) in [5.74, 6) is -3.03. The lowest BCUT2D eigenvalue weighted by atomic mass is 9.95. The molecular weight excluding hydrogens is 212 g/mol. The van der Waals surface area contributed by atoms with Crippen molar-refractivity contribution >= 4 is 17.7 Å². The van der Waals surface area contributed by atoms with Crippen molar-refractivity contribution in [3.8, 4) is 0 Å². The van der Waals surface area contributed by atoms with Crippen molar-refractivity contribution in [3.05, 3.63) is 0 Å². The summed E-state index contributed by atoms with van der Waals surface area (Å²) < 4.78 is 0. The van der Waals surface area contributed by atoms with E-state index in [9.17, 15) is 14.4 Å². The van der Waals surface area contributed by atoms with Gasteiger partial charge in [0.1, 0.15) is 5.78 Å². The van der Waals surface area contributed by atoms with Crippen LogP contribution in [0.4, 0.5) is 0 Å². The Balaban J connectivity index is 4.07. The maximum atomic E-state index is 11.3. The van der Waals surface area contributed by atoms with Gasteiger partial charge in [-0.2, -0.15) is 0 Å². The lowest BCUT2D eigenvalue weighted by Gasteiger charge is -2.09. The molecular formula is C11H18O5. The van der Waals surface area contributed by atoms with Crippen molar-refractivity contribution < 1.29 is 24.6 Å². The predicted molar refractivity (Wildman–Crippen MR) is 57.1 cm³/mol. The van der Waals surface area contributed by atoms with Crippen molar-refractivity contribution in [3.63, 3.8) is 0 Å². The molecule has 0 aromatic carbocycles. The van der Waals surface area contributed by atoms with Crippen LogP contribution in [-0.4, -0.2) is 27.9 Å². The number of carboxylic acid groups (broad SMARTS) is 2. The highest BCUT2D eigenvalue weighted by Gasteiger charge is 2.21. The van der Waals surface area contributed by atoms with Gasteiger partial charge in [-0.1, -0.05) is 13.8 Å². The summed E-state index contributed by atoms with van der Waals surface area (Å²) in [5, 5.41) is 17.2. The van der Waals surface area contributed by atoms with E-state index in [2.05, 4.69) is 0 Å². The van der Waals surface area contributed by atoms with Gasteiger partial charge in [-0.05, 0) is 12.3 Å². The Morgan fingerprint density at radius 2 is 1.62 bits per heavy atom. The molecule has 0 fully saturated rings. The van der Waals surface area contributed by atoms with E-state index in [1.165, 1.54) is 0 Å². The number of hydrogen-bond donors (Lipinski definition) is 2. The number of carboxylic acids is 2. The molecule has 0 saturated carbocycles. The largest absolute Gasteiger partial charge is 0.481 e. The SMILES string of the molecule is CC(C)CC(=O)CCC(CC(=O)O)C(=O)O. The smallest absolute Gasteiger partial charge is 0.307 e. The van der Waals surface area contributed by atoms with Crippen molar-refractivity contribution in [2.24, 2.45) is 11.8 Å². The summed E-state index contributed by atoms with van der Waals surface area (Å²) in [6.45, 7) is 3.81. The molecule has 0 radical (unpaired) electrons. The summed E-state index contributed by atoms with van der Waals surface area (Å²) in [6.07, 6.45) is 0.235. The van der Waals surface area contributed by atoms with Gasteiger partial charge < -0.3 is 10.2 Å². The molecule has 5 heteroatoms. The normalized spacial score (nSPS) is 12.4. The summed E-state index contributed by atoms with van der Waals surface area (Å²) in [7, 11) is 0. The van der Waals surface area contributed by atoms with Crippen LogP contribution in [0, 0.1) is 11.8 Å². The Kier molecular flexibility index (Phi) is 6.37. The van der Waals surface area contributed by atoms with E-state index in [-0.39, 0.29) is 24.5 Å². The number of ketones is 1. The first-order valence-electron chi connectivity index (χ1n) is 5.29. The zero-order valence-corrected chi connectivity index (χ0v) is 9.60. The number of hydrogen-bond acceptors (Lipinski definition) is 3. The maximum absolute atomic E-state index is 11.3. The monoisotopic (exact) mass is 230 g/mol. The number of rotatable bonds is 8. The highest BCUT2D eigenvalue weighted by molar-refractivity contribution is 5.81. The minimum absolute atomic E-state index is 0.00774. The molecule has 0 saturated heterocycles. The van der Waals surface area contributed by atoms with Gasteiger partial charge in [-0.15, -0.1) is 0 Å². The van der Waals surface area contributed by atoms with Crippen LogP contribution in [0.1, 0.15) is 39.5 Å². The minimum Gasteiger partial charge on any atom is -0.481 e. The second-order valence-corrected chi connectivity index (χ2v) is 4.31. The van der Waals surface area contributed by atoms with Crippen molar-refractivity contribution in [1.29, 1.82) is 0 Å². The minimum atomic E-state index is -1.15. The molecule has 16 heavy (non-hydrogen) atoms. The first-order chi connectivity index (χ1) is 7.32. The van der Waals surface area contributed by atoms with Gasteiger partial charge in [0.15, 0.2) is 0 Å². The van der Waals surface area contributed by atoms with Crippen molar-refractivity contribution in [1.82, 2.24) is 0 Å². The average molecular weight is 230 g/mol. The van der Waals surface area contributed by atoms with Gasteiger partial charge in [0.05, 0.1) is 12.3 Å². The maximum Gasteiger partial charge on any atom is 0.307 e. The molecule has 5 nitrogen and oxygen atoms in total. The standard InChI is InChI=1S/C11H18O5/c1-7(2)5-9(12)4-3-8(11(15)16)6-10(13)14/h7-8H,3-6H2,1-2H3,(H,13,14)(H,15,16). The van der Waals surface area contributed by atoms with E-state index in [0.717, 1.165) is 0 Å². The lowest BCUT2D eigenvalue weighted by Crippen LogP contribution is -2.19. The zero-order chi connectivity index (χ0) is 12.7. The zero-order valence-electron chi connectivity index (χ0n) is 9.60. The fourth-order valence-corrected chi connectivity index (χ4v) is 1.42. The summed E-state index contributed by atoms with van der Waals surface area (Å²) in [4.78, 5) is 32.4. The first kappa shape index (κ1) is 14.6. The Labute approximate surface area is 94.5 Å². The third-order valence-electron chi connectivity index (χ3n) is 2.18. The molecule has 0 aromatic heterocycles. The molecule has 1 atom stereocenters. The number of carbonyl (C=O) groups is 3. The molecule has 0 amide bonds. The van der Waals surface area contributed by atoms with Crippen LogP contribution in [0.25, 0.3) is 0 Å². The molecule has 92 valence electrons. The van der Waals surface area contributed by atoms with Gasteiger partial charge >= 0.3 is 11.9 Å². The van der Waals surface area contributed by atoms with Gasteiger partial charge in [0.2, 0.25) is 0 Å². The average Bonchev–Trinajstić information content (AvgIpc) is 2.09. The van der Waals surface area contributed by atoms with E-state index in [1.54, 1.807) is 0 Å². The van der Waals surface area contributed by atoms with Crippen LogP contribution >= 0.6 is 0 Å². The van der Waals surface area contributed by atoms with Crippen LogP contribution in [-0.2, 0) is 14.4 Å². The first-order valence-corrected chi connectivity index (χ1v) is 5.29. The Morgan fingerprint density at radius 1 is 1.06 bits per heavy atom. The second kappa shape index (κ2) is 6.98. The summed E-state index contributed by atoms with van der Waals surface area (Å²) >= 11 is 0. The molecule has 0 rings (SSSR count). The molecule has 0 spiro atoms. The number of carbonyl (C=O) groups excluding carboxylic acids is 1. The fourth-order valence-electron chi connectivity index (χ4n) is 1.42. The quantitative estimate of drug-likeness (QED) is 0.660. The molecule has 2 N–H and O–H groups in total. The molecule has 0 heterocycles. The van der Waals surface area contributed by atoms with E-state index in [4.69, 9.17) is 10.2 Å². The molecule has 1 unspecified atom stereocenters. The van der Waals surface area contributed by atoms with E-state index in [0.29, 0.717) is 6.42 Å². The lowest BCUT2D eigenvalue weighted by molar-refractivity contribution is -0.148. The molecule has 0 aliphatic rings. The van der Waals surface area contributed by atoms with Crippen LogP contribution in [0.3, 0.4) is 0 Å². The summed E-state index contributed by atoms with van der Waals surface area (Å²) in [6, 6.07) is 0. The van der Waals surface area contributed by atoms with Crippen LogP contribution in [0.5, 0.6) is 0 Å². The third kappa shape index (κ3) is 6.98. The molecule has 0 bridgehead atoms. The topological polar surface area (TPSA) is 91.7 Å². The molecule has 0 aliphatic heterocycles. The summed E-state index contributed by atoms with van der Waals surface area (Å²) in [5.41, 5.74) is 0. The second-order valence-electron chi connectivity index (χ2n) is 4.31. The van der Waals surface area contributed by atoms with Crippen molar-refractivity contribution in [2.45, 2.75) is 39.5 Å². The highest BCUT2D eigenvalue weighted by atomic mass is 16.4. The third-order valence-corrected chi connectivity index (χ3v) is 2.18. The van der Waals surface area contributed by atoms with Crippen LogP contribution in [0.2, 0.25) is 0 Å². The predicted octanol–water partition coefficient (Wildman–Crippen LogP) is 1.56. The van der Waals surface area contributed by atoms with Crippen LogP contribution in [0.15, 0.2) is 0 Å². The number of Topliss-reactive ketones (excluding diaryl/α,β-unsaturated/α-hetero) is 1. The Bertz CT molecular complexity index is 270. The van der Waals surface area contributed by atoms with Gasteiger partial charge in [-0.3, -0.25) is 14.4 Å². The Hall–Kier alpha value is -1.39. The van der Waals surface area contributed by atoms with E-state index in [1.807, 2.05) is 13.8 Å². The highest BCUT2D eigenvalue weighted by Crippen LogP contribution is 2.14. The van der Waals surface area contributed by atoms with Gasteiger partial charge in [0.25, 0.3) is 0 Å². The van der Waals surface area contributed by atoms with E-state index >= 15 is 0 Å². The molecule has 0 aromatic rings. The van der Waals surface area contributed by atoms with Crippen LogP contribution < -0.4 is 0 Å². The number of aliphatic carboxylic acids is 2. The van der Waals surface area contributed by atoms with Crippen molar-refractivity contribution in [2.75, 3.05) is 0 Å². The Morgan fingerprint density at radius 3 is 2.00 bits per heavy atom.